The first kappa shape index (κ1) is 25.6. The Balaban J connectivity index is 1.20. The molecule has 2 heterocycles. The van der Waals surface area contributed by atoms with Crippen molar-refractivity contribution in [1.82, 2.24) is 10.9 Å². The van der Waals surface area contributed by atoms with E-state index in [1.54, 1.807) is 0 Å². The normalized spacial score (nSPS) is 13.0. The van der Waals surface area contributed by atoms with Gasteiger partial charge in [0, 0.05) is 11.1 Å². The predicted octanol–water partition coefficient (Wildman–Crippen LogP) is 2.49. The van der Waals surface area contributed by atoms with E-state index in [9.17, 15) is 29.8 Å². The number of ether oxygens (including phenoxy) is 4. The maximum absolute atomic E-state index is 12.4. The molecule has 5 rings (SSSR count). The summed E-state index contributed by atoms with van der Waals surface area (Å²) in [4.78, 5) is 46.3. The van der Waals surface area contributed by atoms with Gasteiger partial charge < -0.3 is 18.9 Å². The maximum atomic E-state index is 12.4. The number of fused-ring (bicyclic) bond motifs is 2. The number of nitrogens with one attached hydrogen (secondary N) is 2. The molecule has 0 atom stereocenters. The quantitative estimate of drug-likeness (QED) is 0.239. The highest BCUT2D eigenvalue weighted by Gasteiger charge is 2.24. The Labute approximate surface area is 223 Å². The van der Waals surface area contributed by atoms with Crippen molar-refractivity contribution in [2.24, 2.45) is 10.2 Å². The van der Waals surface area contributed by atoms with Crippen molar-refractivity contribution in [1.29, 1.82) is 0 Å². The number of nitrogens with zero attached hydrogens (tertiary/aromatic N) is 4. The third-order valence-electron chi connectivity index (χ3n) is 5.59. The summed E-state index contributed by atoms with van der Waals surface area (Å²) in [6, 6.07) is 10.6. The average Bonchev–Trinajstić information content (AvgIpc) is 3.60. The summed E-state index contributed by atoms with van der Waals surface area (Å²) in [7, 11) is 0. The molecule has 2 aliphatic heterocycles. The molecule has 0 spiro atoms. The van der Waals surface area contributed by atoms with E-state index in [0.29, 0.717) is 11.5 Å². The van der Waals surface area contributed by atoms with E-state index in [2.05, 4.69) is 21.1 Å². The molecule has 0 saturated heterocycles. The maximum Gasteiger partial charge on any atom is 0.282 e. The van der Waals surface area contributed by atoms with Gasteiger partial charge in [-0.2, -0.15) is 10.2 Å². The van der Waals surface area contributed by atoms with Gasteiger partial charge in [-0.25, -0.2) is 10.9 Å². The van der Waals surface area contributed by atoms with Crippen LogP contribution in [0.3, 0.4) is 0 Å². The van der Waals surface area contributed by atoms with Gasteiger partial charge >= 0.3 is 0 Å². The molecule has 0 bridgehead atoms. The standard InChI is InChI=1S/C24H16N6O10/c31-23(27-25-9-15-5-19-21(39-11-37-19)7-17(15)29(33)34)13-1-2-14(4-3-13)24(32)28-26-10-16-6-20-22(40-12-38-20)8-18(16)30(35)36/h1-10H,11-12H2,(H,27,31)(H,28,32). The first-order chi connectivity index (χ1) is 19.3. The number of hydrogen-bond donors (Lipinski definition) is 2. The Morgan fingerprint density at radius 2 is 1.02 bits per heavy atom. The number of amides is 2. The van der Waals surface area contributed by atoms with Crippen molar-refractivity contribution >= 4 is 35.6 Å². The molecule has 0 fully saturated rings. The largest absolute Gasteiger partial charge is 0.454 e. The SMILES string of the molecule is O=C(NN=Cc1cc2c(cc1[N+](=O)[O-])OCO2)c1ccc(C(=O)NN=Cc2cc3c(cc2[N+](=O)[O-])OCO3)cc1. The topological polar surface area (TPSA) is 206 Å². The number of rotatable bonds is 8. The number of carbonyl (C=O) groups excluding carboxylic acids is 2. The van der Waals surface area contributed by atoms with Gasteiger partial charge in [-0.15, -0.1) is 0 Å². The minimum Gasteiger partial charge on any atom is -0.454 e. The summed E-state index contributed by atoms with van der Waals surface area (Å²) in [5, 5.41) is 30.2. The molecule has 0 saturated carbocycles. The van der Waals surface area contributed by atoms with Crippen molar-refractivity contribution in [2.75, 3.05) is 13.6 Å². The van der Waals surface area contributed by atoms with E-state index in [4.69, 9.17) is 18.9 Å². The lowest BCUT2D eigenvalue weighted by Gasteiger charge is -2.04. The molecular weight excluding hydrogens is 532 g/mol. The van der Waals surface area contributed by atoms with Crippen LogP contribution in [0.2, 0.25) is 0 Å². The van der Waals surface area contributed by atoms with Gasteiger partial charge in [0.15, 0.2) is 23.0 Å². The van der Waals surface area contributed by atoms with Gasteiger partial charge in [-0.1, -0.05) is 0 Å². The van der Waals surface area contributed by atoms with Gasteiger partial charge in [-0.3, -0.25) is 29.8 Å². The Morgan fingerprint density at radius 1 is 0.675 bits per heavy atom. The van der Waals surface area contributed by atoms with Crippen LogP contribution in [0.1, 0.15) is 31.8 Å². The molecule has 16 nitrogen and oxygen atoms in total. The second-order valence-corrected chi connectivity index (χ2v) is 8.02. The Kier molecular flexibility index (Phi) is 6.87. The van der Waals surface area contributed by atoms with Crippen molar-refractivity contribution in [3.8, 4) is 23.0 Å². The highest BCUT2D eigenvalue weighted by Crippen LogP contribution is 2.38. The zero-order valence-corrected chi connectivity index (χ0v) is 20.1. The molecule has 3 aromatic carbocycles. The molecule has 0 aliphatic carbocycles. The predicted molar refractivity (Wildman–Crippen MR) is 135 cm³/mol. The summed E-state index contributed by atoms with van der Waals surface area (Å²) in [5.41, 5.74) is 4.41. The molecule has 0 radical (unpaired) electrons. The molecule has 2 amide bonds. The second-order valence-electron chi connectivity index (χ2n) is 8.02. The van der Waals surface area contributed by atoms with Crippen LogP contribution in [0.4, 0.5) is 11.4 Å². The summed E-state index contributed by atoms with van der Waals surface area (Å²) >= 11 is 0. The fourth-order valence-corrected chi connectivity index (χ4v) is 3.64. The van der Waals surface area contributed by atoms with Crippen LogP contribution >= 0.6 is 0 Å². The van der Waals surface area contributed by atoms with E-state index in [0.717, 1.165) is 12.4 Å². The monoisotopic (exact) mass is 548 g/mol. The van der Waals surface area contributed by atoms with E-state index in [1.807, 2.05) is 0 Å². The zero-order valence-electron chi connectivity index (χ0n) is 20.1. The van der Waals surface area contributed by atoms with Crippen molar-refractivity contribution < 1.29 is 38.4 Å². The zero-order chi connectivity index (χ0) is 28.2. The average molecular weight is 548 g/mol. The highest BCUT2D eigenvalue weighted by molar-refractivity contribution is 5.99. The van der Waals surface area contributed by atoms with E-state index < -0.39 is 21.7 Å². The van der Waals surface area contributed by atoms with Crippen LogP contribution in [-0.4, -0.2) is 47.7 Å². The minimum absolute atomic E-state index is 0.0629. The summed E-state index contributed by atoms with van der Waals surface area (Å²) < 4.78 is 20.7. The van der Waals surface area contributed by atoms with Crippen LogP contribution in [0, 0.1) is 20.2 Å². The number of nitro benzene ring substituents is 2. The van der Waals surface area contributed by atoms with Crippen LogP contribution in [-0.2, 0) is 0 Å². The van der Waals surface area contributed by atoms with Gasteiger partial charge in [0.05, 0.1) is 45.5 Å². The Bertz CT molecular complexity index is 1480. The number of carbonyl (C=O) groups is 2. The van der Waals surface area contributed by atoms with Crippen molar-refractivity contribution in [3.63, 3.8) is 0 Å². The molecule has 2 aliphatic rings. The molecular formula is C24H16N6O10. The Hall–Kier alpha value is -6.06. The van der Waals surface area contributed by atoms with Gasteiger partial charge in [0.1, 0.15) is 0 Å². The number of hydrazone groups is 2. The molecule has 3 aromatic rings. The lowest BCUT2D eigenvalue weighted by atomic mass is 10.1. The Morgan fingerprint density at radius 3 is 1.38 bits per heavy atom. The molecule has 0 unspecified atom stereocenters. The molecule has 0 aromatic heterocycles. The number of benzene rings is 3. The molecule has 16 heteroatoms. The van der Waals surface area contributed by atoms with Crippen LogP contribution in [0.5, 0.6) is 23.0 Å². The summed E-state index contributed by atoms with van der Waals surface area (Å²) in [6.45, 7) is -0.126. The van der Waals surface area contributed by atoms with Gasteiger partial charge in [0.25, 0.3) is 23.2 Å². The van der Waals surface area contributed by atoms with E-state index in [-0.39, 0.29) is 58.7 Å². The first-order valence-electron chi connectivity index (χ1n) is 11.2. The molecule has 202 valence electrons. The van der Waals surface area contributed by atoms with Crippen molar-refractivity contribution in [3.05, 3.63) is 91.0 Å². The fraction of sp³-hybridized carbons (Fsp3) is 0.0833. The smallest absolute Gasteiger partial charge is 0.282 e. The lowest BCUT2D eigenvalue weighted by Crippen LogP contribution is -2.19. The third-order valence-corrected chi connectivity index (χ3v) is 5.59. The van der Waals surface area contributed by atoms with Crippen LogP contribution < -0.4 is 29.8 Å². The van der Waals surface area contributed by atoms with Gasteiger partial charge in [-0.05, 0) is 36.4 Å². The van der Waals surface area contributed by atoms with Crippen molar-refractivity contribution in [2.45, 2.75) is 0 Å². The van der Waals surface area contributed by atoms with Crippen LogP contribution in [0.25, 0.3) is 0 Å². The number of hydrogen-bond acceptors (Lipinski definition) is 12. The first-order valence-corrected chi connectivity index (χ1v) is 11.2. The highest BCUT2D eigenvalue weighted by atomic mass is 16.7. The van der Waals surface area contributed by atoms with Gasteiger partial charge in [0.2, 0.25) is 13.6 Å². The molecule has 40 heavy (non-hydrogen) atoms. The third kappa shape index (κ3) is 5.30. The second kappa shape index (κ2) is 10.7. The summed E-state index contributed by atoms with van der Waals surface area (Å²) in [6.07, 6.45) is 2.20. The lowest BCUT2D eigenvalue weighted by molar-refractivity contribution is -0.385. The number of nitro groups is 2. The molecule has 2 N–H and O–H groups in total. The minimum atomic E-state index is -0.639. The van der Waals surface area contributed by atoms with Crippen LogP contribution in [0.15, 0.2) is 58.7 Å². The summed E-state index contributed by atoms with van der Waals surface area (Å²) in [5.74, 6) is -0.190. The fourth-order valence-electron chi connectivity index (χ4n) is 3.64. The van der Waals surface area contributed by atoms with E-state index >= 15 is 0 Å². The van der Waals surface area contributed by atoms with E-state index in [1.165, 1.54) is 48.5 Å².